The summed E-state index contributed by atoms with van der Waals surface area (Å²) in [4.78, 5) is 12.6. The minimum atomic E-state index is -3.53. The molecule has 2 rings (SSSR count). The number of hydrogen-bond donors (Lipinski definition) is 1. The zero-order chi connectivity index (χ0) is 17.6. The van der Waals surface area contributed by atoms with Crippen LogP contribution in [-0.2, 0) is 10.0 Å². The summed E-state index contributed by atoms with van der Waals surface area (Å²) >= 11 is 0. The van der Waals surface area contributed by atoms with E-state index in [-0.39, 0.29) is 16.8 Å². The highest BCUT2D eigenvalue weighted by molar-refractivity contribution is 7.89. The van der Waals surface area contributed by atoms with E-state index < -0.39 is 10.0 Å². The molecule has 1 aliphatic rings. The summed E-state index contributed by atoms with van der Waals surface area (Å²) in [6, 6.07) is 6.50. The third-order valence-electron chi connectivity index (χ3n) is 4.62. The van der Waals surface area contributed by atoms with Crippen molar-refractivity contribution in [2.75, 3.05) is 13.1 Å². The van der Waals surface area contributed by atoms with Crippen LogP contribution in [0.4, 0.5) is 0 Å². The van der Waals surface area contributed by atoms with E-state index >= 15 is 0 Å². The minimum absolute atomic E-state index is 0.114. The topological polar surface area (TPSA) is 66.5 Å². The molecule has 1 aliphatic heterocycles. The van der Waals surface area contributed by atoms with Gasteiger partial charge in [0, 0.05) is 24.7 Å². The number of amides is 1. The number of carbonyl (C=O) groups is 1. The van der Waals surface area contributed by atoms with E-state index in [0.717, 1.165) is 38.5 Å². The Kier molecular flexibility index (Phi) is 6.80. The second-order valence-electron chi connectivity index (χ2n) is 6.33. The number of nitrogens with zero attached hydrogens (tertiary/aromatic N) is 1. The second-order valence-corrected chi connectivity index (χ2v) is 8.27. The Balaban J connectivity index is 2.21. The van der Waals surface area contributed by atoms with Gasteiger partial charge in [-0.25, -0.2) is 8.42 Å². The van der Waals surface area contributed by atoms with Gasteiger partial charge in [-0.3, -0.25) is 4.79 Å². The molecule has 6 heteroatoms. The molecule has 134 valence electrons. The Morgan fingerprint density at radius 1 is 1.12 bits per heavy atom. The third-order valence-corrected chi connectivity index (χ3v) is 6.51. The Morgan fingerprint density at radius 3 is 2.33 bits per heavy atom. The first-order chi connectivity index (χ1) is 11.5. The molecule has 0 spiro atoms. The van der Waals surface area contributed by atoms with E-state index in [4.69, 9.17) is 0 Å². The lowest BCUT2D eigenvalue weighted by Gasteiger charge is -2.20. The lowest BCUT2D eigenvalue weighted by atomic mass is 10.1. The first-order valence-corrected chi connectivity index (χ1v) is 10.3. The van der Waals surface area contributed by atoms with Crippen LogP contribution < -0.4 is 5.32 Å². The van der Waals surface area contributed by atoms with Crippen LogP contribution in [-0.4, -0.2) is 37.8 Å². The van der Waals surface area contributed by atoms with Crippen LogP contribution in [0.5, 0.6) is 0 Å². The fraction of sp³-hybridized carbons (Fsp3) is 0.611. The smallest absolute Gasteiger partial charge is 0.251 e. The Morgan fingerprint density at radius 2 is 1.75 bits per heavy atom. The van der Waals surface area contributed by atoms with Gasteiger partial charge in [0.05, 0.1) is 4.90 Å². The van der Waals surface area contributed by atoms with Crippen molar-refractivity contribution in [1.82, 2.24) is 9.62 Å². The van der Waals surface area contributed by atoms with Crippen molar-refractivity contribution in [2.24, 2.45) is 0 Å². The molecule has 1 saturated heterocycles. The summed E-state index contributed by atoms with van der Waals surface area (Å²) in [6.07, 6.45) is 5.65. The maximum atomic E-state index is 12.8. The molecule has 0 aliphatic carbocycles. The number of rotatable bonds is 6. The SMILES string of the molecule is CCC(CC)NC(=O)c1cccc(S(=O)(=O)N2CCCCCC2)c1. The summed E-state index contributed by atoms with van der Waals surface area (Å²) in [7, 11) is -3.53. The van der Waals surface area contributed by atoms with Crippen LogP contribution in [0.2, 0.25) is 0 Å². The normalized spacial score (nSPS) is 16.8. The van der Waals surface area contributed by atoms with Crippen molar-refractivity contribution in [2.45, 2.75) is 63.3 Å². The standard InChI is InChI=1S/C18H28N2O3S/c1-3-16(4-2)19-18(21)15-10-9-11-17(14-15)24(22,23)20-12-7-5-6-8-13-20/h9-11,14,16H,3-8,12-13H2,1-2H3,(H,19,21). The Bertz CT molecular complexity index is 646. The van der Waals surface area contributed by atoms with Gasteiger partial charge in [0.25, 0.3) is 5.91 Å². The average Bonchev–Trinajstić information content (AvgIpc) is 2.89. The van der Waals surface area contributed by atoms with Crippen molar-refractivity contribution >= 4 is 15.9 Å². The molecule has 0 atom stereocenters. The van der Waals surface area contributed by atoms with E-state index in [2.05, 4.69) is 5.32 Å². The van der Waals surface area contributed by atoms with Crippen LogP contribution in [0.25, 0.3) is 0 Å². The molecular weight excluding hydrogens is 324 g/mol. The molecule has 1 aromatic rings. The Labute approximate surface area is 145 Å². The summed E-state index contributed by atoms with van der Waals surface area (Å²) < 4.78 is 27.2. The molecule has 1 fully saturated rings. The van der Waals surface area contributed by atoms with Crippen LogP contribution in [0.1, 0.15) is 62.7 Å². The predicted octanol–water partition coefficient (Wildman–Crippen LogP) is 3.17. The quantitative estimate of drug-likeness (QED) is 0.855. The molecule has 0 radical (unpaired) electrons. The molecule has 1 amide bonds. The summed E-state index contributed by atoms with van der Waals surface area (Å²) in [5.74, 6) is -0.211. The highest BCUT2D eigenvalue weighted by atomic mass is 32.2. The minimum Gasteiger partial charge on any atom is -0.349 e. The molecule has 1 N–H and O–H groups in total. The zero-order valence-corrected chi connectivity index (χ0v) is 15.4. The maximum Gasteiger partial charge on any atom is 0.251 e. The number of benzene rings is 1. The van der Waals surface area contributed by atoms with Gasteiger partial charge in [-0.15, -0.1) is 0 Å². The lowest BCUT2D eigenvalue weighted by Crippen LogP contribution is -2.34. The van der Waals surface area contributed by atoms with Gasteiger partial charge in [-0.05, 0) is 43.9 Å². The molecule has 0 unspecified atom stereocenters. The average molecular weight is 353 g/mol. The monoisotopic (exact) mass is 352 g/mol. The summed E-state index contributed by atoms with van der Waals surface area (Å²) in [5.41, 5.74) is 0.401. The van der Waals surface area contributed by atoms with Crippen molar-refractivity contribution in [1.29, 1.82) is 0 Å². The van der Waals surface area contributed by atoms with Gasteiger partial charge in [-0.1, -0.05) is 32.8 Å². The third kappa shape index (κ3) is 4.57. The highest BCUT2D eigenvalue weighted by Crippen LogP contribution is 2.21. The Hall–Kier alpha value is -1.40. The molecule has 0 aromatic heterocycles. The number of sulfonamides is 1. The maximum absolute atomic E-state index is 12.8. The number of hydrogen-bond acceptors (Lipinski definition) is 3. The first kappa shape index (κ1) is 18.9. The van der Waals surface area contributed by atoms with E-state index in [1.54, 1.807) is 22.5 Å². The van der Waals surface area contributed by atoms with Crippen molar-refractivity contribution in [3.8, 4) is 0 Å². The van der Waals surface area contributed by atoms with Crippen LogP contribution in [0, 0.1) is 0 Å². The first-order valence-electron chi connectivity index (χ1n) is 8.90. The van der Waals surface area contributed by atoms with Crippen molar-refractivity contribution in [3.63, 3.8) is 0 Å². The van der Waals surface area contributed by atoms with E-state index in [1.807, 2.05) is 13.8 Å². The molecule has 1 heterocycles. The predicted molar refractivity (Wildman–Crippen MR) is 95.5 cm³/mol. The van der Waals surface area contributed by atoms with Gasteiger partial charge in [-0.2, -0.15) is 4.31 Å². The lowest BCUT2D eigenvalue weighted by molar-refractivity contribution is 0.0934. The molecule has 0 bridgehead atoms. The highest BCUT2D eigenvalue weighted by Gasteiger charge is 2.25. The molecular formula is C18H28N2O3S. The van der Waals surface area contributed by atoms with Gasteiger partial charge < -0.3 is 5.32 Å². The zero-order valence-electron chi connectivity index (χ0n) is 14.6. The molecule has 0 saturated carbocycles. The van der Waals surface area contributed by atoms with E-state index in [9.17, 15) is 13.2 Å². The van der Waals surface area contributed by atoms with Gasteiger partial charge in [0.1, 0.15) is 0 Å². The van der Waals surface area contributed by atoms with E-state index in [1.165, 1.54) is 6.07 Å². The fourth-order valence-electron chi connectivity index (χ4n) is 2.99. The van der Waals surface area contributed by atoms with Gasteiger partial charge in [0.15, 0.2) is 0 Å². The van der Waals surface area contributed by atoms with Gasteiger partial charge >= 0.3 is 0 Å². The van der Waals surface area contributed by atoms with Crippen molar-refractivity contribution in [3.05, 3.63) is 29.8 Å². The van der Waals surface area contributed by atoms with Gasteiger partial charge in [0.2, 0.25) is 10.0 Å². The summed E-state index contributed by atoms with van der Waals surface area (Å²) in [6.45, 7) is 5.17. The second kappa shape index (κ2) is 8.62. The van der Waals surface area contributed by atoms with Crippen LogP contribution >= 0.6 is 0 Å². The van der Waals surface area contributed by atoms with Crippen LogP contribution in [0.15, 0.2) is 29.2 Å². The molecule has 24 heavy (non-hydrogen) atoms. The number of carbonyl (C=O) groups excluding carboxylic acids is 1. The van der Waals surface area contributed by atoms with E-state index in [0.29, 0.717) is 18.7 Å². The van der Waals surface area contributed by atoms with Crippen LogP contribution in [0.3, 0.4) is 0 Å². The summed E-state index contributed by atoms with van der Waals surface area (Å²) in [5, 5.41) is 2.95. The molecule has 5 nitrogen and oxygen atoms in total. The number of nitrogens with one attached hydrogen (secondary N) is 1. The van der Waals surface area contributed by atoms with Crippen molar-refractivity contribution < 1.29 is 13.2 Å². The molecule has 1 aromatic carbocycles. The largest absolute Gasteiger partial charge is 0.349 e. The fourth-order valence-corrected chi connectivity index (χ4v) is 4.55.